The molecule has 1 unspecified atom stereocenters. The lowest BCUT2D eigenvalue weighted by Crippen LogP contribution is -2.41. The average molecular weight is 308 g/mol. The largest absolute Gasteiger partial charge is 0.497 e. The highest BCUT2D eigenvalue weighted by Gasteiger charge is 2.34. The number of rotatable bonds is 5. The van der Waals surface area contributed by atoms with E-state index in [2.05, 4.69) is 18.2 Å². The zero-order valence-corrected chi connectivity index (χ0v) is 12.0. The molecule has 7 nitrogen and oxygen atoms in total. The van der Waals surface area contributed by atoms with Gasteiger partial charge in [0, 0.05) is 16.3 Å². The van der Waals surface area contributed by atoms with E-state index in [4.69, 9.17) is 4.74 Å². The van der Waals surface area contributed by atoms with Crippen LogP contribution in [0.3, 0.4) is 0 Å². The fraction of sp³-hybridized carbons (Fsp3) is 0.0769. The standard InChI is InChI=1S/C13H14N3O4S/c1-20-11-8-6-10(7-9-11)14-16(19,21)13-5-3-2-4-12(13)15(17)18/h2-9,14,19,21H,1H3/q+1. The van der Waals surface area contributed by atoms with Crippen LogP contribution in [0.15, 0.2) is 48.5 Å². The summed E-state index contributed by atoms with van der Waals surface area (Å²) in [6.07, 6.45) is 0. The molecule has 0 aliphatic carbocycles. The summed E-state index contributed by atoms with van der Waals surface area (Å²) in [5.41, 5.74) is 2.96. The van der Waals surface area contributed by atoms with Crippen molar-refractivity contribution >= 4 is 29.9 Å². The summed E-state index contributed by atoms with van der Waals surface area (Å²) in [7, 11) is 1.54. The normalized spacial score (nSPS) is 13.3. The molecule has 0 aromatic heterocycles. The van der Waals surface area contributed by atoms with Crippen LogP contribution in [-0.4, -0.2) is 17.2 Å². The predicted octanol–water partition coefficient (Wildman–Crippen LogP) is 3.17. The number of nitro groups is 1. The number of hydrogen-bond acceptors (Lipinski definition) is 6. The van der Waals surface area contributed by atoms with Gasteiger partial charge in [-0.25, -0.2) is 0 Å². The highest BCUT2D eigenvalue weighted by atomic mass is 32.1. The van der Waals surface area contributed by atoms with Crippen LogP contribution >= 0.6 is 12.8 Å². The molecule has 110 valence electrons. The Labute approximate surface area is 126 Å². The molecular formula is C13H14N3O4S+. The van der Waals surface area contributed by atoms with Gasteiger partial charge < -0.3 is 4.74 Å². The Morgan fingerprint density at radius 3 is 2.43 bits per heavy atom. The molecule has 0 bridgehead atoms. The van der Waals surface area contributed by atoms with Crippen molar-refractivity contribution in [2.24, 2.45) is 0 Å². The van der Waals surface area contributed by atoms with Crippen molar-refractivity contribution in [2.75, 3.05) is 12.5 Å². The van der Waals surface area contributed by atoms with Crippen LogP contribution in [0.25, 0.3) is 0 Å². The fourth-order valence-corrected chi connectivity index (χ4v) is 2.07. The molecule has 0 fully saturated rings. The number of nitro benzene ring substituents is 1. The number of quaternary nitrogens is 1. The second kappa shape index (κ2) is 6.00. The Morgan fingerprint density at radius 1 is 1.24 bits per heavy atom. The quantitative estimate of drug-likeness (QED) is 0.342. The molecule has 0 saturated heterocycles. The van der Waals surface area contributed by atoms with Crippen molar-refractivity contribution < 1.29 is 14.9 Å². The van der Waals surface area contributed by atoms with Crippen LogP contribution in [0.1, 0.15) is 0 Å². The van der Waals surface area contributed by atoms with Gasteiger partial charge in [-0.1, -0.05) is 12.1 Å². The zero-order chi connectivity index (χ0) is 15.5. The third-order valence-electron chi connectivity index (χ3n) is 2.79. The molecule has 2 N–H and O–H groups in total. The third-order valence-corrected chi connectivity index (χ3v) is 3.10. The Balaban J connectivity index is 2.31. The van der Waals surface area contributed by atoms with Gasteiger partial charge in [-0.05, 0) is 24.3 Å². The summed E-state index contributed by atoms with van der Waals surface area (Å²) in [4.78, 5) is 10.4. The summed E-state index contributed by atoms with van der Waals surface area (Å²) >= 11 is 4.05. The summed E-state index contributed by atoms with van der Waals surface area (Å²) in [6, 6.07) is 12.5. The minimum atomic E-state index is -1.15. The minimum absolute atomic E-state index is 0.00153. The number of hydrogen-bond donors (Lipinski definition) is 3. The summed E-state index contributed by atoms with van der Waals surface area (Å²) in [6.45, 7) is 0. The van der Waals surface area contributed by atoms with Crippen molar-refractivity contribution in [3.8, 4) is 5.75 Å². The van der Waals surface area contributed by atoms with E-state index in [1.807, 2.05) is 0 Å². The minimum Gasteiger partial charge on any atom is -0.497 e. The van der Waals surface area contributed by atoms with Crippen LogP contribution < -0.4 is 14.3 Å². The number of nitrogens with zero attached hydrogens (tertiary/aromatic N) is 2. The molecule has 2 aromatic rings. The highest BCUT2D eigenvalue weighted by molar-refractivity contribution is 7.79. The Hall–Kier alpha value is -2.29. The fourth-order valence-electron chi connectivity index (χ4n) is 1.79. The average Bonchev–Trinajstić information content (AvgIpc) is 2.47. The van der Waals surface area contributed by atoms with E-state index in [-0.39, 0.29) is 11.4 Å². The van der Waals surface area contributed by atoms with E-state index in [1.54, 1.807) is 37.4 Å². The van der Waals surface area contributed by atoms with E-state index in [1.165, 1.54) is 18.2 Å². The van der Waals surface area contributed by atoms with E-state index >= 15 is 0 Å². The van der Waals surface area contributed by atoms with Gasteiger partial charge in [0.05, 0.1) is 17.7 Å². The molecule has 1 atom stereocenters. The van der Waals surface area contributed by atoms with Crippen molar-refractivity contribution in [1.82, 2.24) is 4.16 Å². The highest BCUT2D eigenvalue weighted by Crippen LogP contribution is 2.33. The Bertz CT molecular complexity index is 646. The second-order valence-electron chi connectivity index (χ2n) is 4.19. The lowest BCUT2D eigenvalue weighted by molar-refractivity contribution is -0.385. The first-order chi connectivity index (χ1) is 9.94. The molecular weight excluding hydrogens is 294 g/mol. The van der Waals surface area contributed by atoms with Crippen LogP contribution in [-0.2, 0) is 0 Å². The second-order valence-corrected chi connectivity index (χ2v) is 4.77. The van der Waals surface area contributed by atoms with Crippen molar-refractivity contribution in [1.29, 1.82) is 0 Å². The number of thiol groups is 1. The number of nitrogens with one attached hydrogen (secondary N) is 1. The molecule has 0 aliphatic rings. The number of ether oxygens (including phenoxy) is 1. The molecule has 0 spiro atoms. The first-order valence-corrected chi connectivity index (χ1v) is 6.35. The van der Waals surface area contributed by atoms with Crippen LogP contribution in [0, 0.1) is 10.1 Å². The summed E-state index contributed by atoms with van der Waals surface area (Å²) in [5.74, 6) is 0.654. The molecule has 0 amide bonds. The predicted molar refractivity (Wildman–Crippen MR) is 82.3 cm³/mol. The molecule has 2 rings (SSSR count). The van der Waals surface area contributed by atoms with Gasteiger partial charge in [-0.2, -0.15) is 10.6 Å². The lowest BCUT2D eigenvalue weighted by Gasteiger charge is -2.22. The first kappa shape index (κ1) is 15.1. The molecule has 8 heteroatoms. The van der Waals surface area contributed by atoms with E-state index in [9.17, 15) is 15.3 Å². The Morgan fingerprint density at radius 2 is 1.86 bits per heavy atom. The SMILES string of the molecule is COc1ccc(N[N+](O)(S)c2ccccc2[N+](=O)[O-])cc1. The number of anilines is 1. The van der Waals surface area contributed by atoms with Gasteiger partial charge in [0.2, 0.25) is 0 Å². The molecule has 0 aliphatic heterocycles. The third kappa shape index (κ3) is 3.43. The molecule has 0 saturated carbocycles. The van der Waals surface area contributed by atoms with Gasteiger partial charge >= 0.3 is 5.69 Å². The van der Waals surface area contributed by atoms with E-state index in [0.29, 0.717) is 11.4 Å². The number of para-hydroxylation sites is 2. The summed E-state index contributed by atoms with van der Waals surface area (Å²) in [5, 5.41) is 21.4. The molecule has 2 aromatic carbocycles. The van der Waals surface area contributed by atoms with E-state index < -0.39 is 9.08 Å². The van der Waals surface area contributed by atoms with Gasteiger partial charge in [0.1, 0.15) is 18.6 Å². The van der Waals surface area contributed by atoms with Gasteiger partial charge in [0.15, 0.2) is 0 Å². The van der Waals surface area contributed by atoms with Crippen molar-refractivity contribution in [2.45, 2.75) is 0 Å². The van der Waals surface area contributed by atoms with Crippen LogP contribution in [0.4, 0.5) is 17.1 Å². The number of benzene rings is 2. The first-order valence-electron chi connectivity index (χ1n) is 5.95. The monoisotopic (exact) mass is 308 g/mol. The van der Waals surface area contributed by atoms with Gasteiger partial charge in [-0.3, -0.25) is 10.1 Å². The van der Waals surface area contributed by atoms with Gasteiger partial charge in [0.25, 0.3) is 5.69 Å². The lowest BCUT2D eigenvalue weighted by atomic mass is 10.3. The van der Waals surface area contributed by atoms with Crippen molar-refractivity contribution in [3.05, 3.63) is 58.6 Å². The van der Waals surface area contributed by atoms with E-state index in [0.717, 1.165) is 0 Å². The molecule has 21 heavy (non-hydrogen) atoms. The molecule has 0 heterocycles. The zero-order valence-electron chi connectivity index (χ0n) is 11.1. The maximum absolute atomic E-state index is 11.0. The number of methoxy groups -OCH3 is 1. The van der Waals surface area contributed by atoms with Crippen LogP contribution in [0.2, 0.25) is 0 Å². The van der Waals surface area contributed by atoms with Crippen LogP contribution in [0.5, 0.6) is 5.75 Å². The Kier molecular flexibility index (Phi) is 4.32. The maximum atomic E-state index is 11.0. The summed E-state index contributed by atoms with van der Waals surface area (Å²) < 4.78 is 3.88. The topological polar surface area (TPSA) is 84.6 Å². The van der Waals surface area contributed by atoms with Gasteiger partial charge in [-0.15, -0.1) is 0 Å². The maximum Gasteiger partial charge on any atom is 0.336 e. The smallest absolute Gasteiger partial charge is 0.336 e. The van der Waals surface area contributed by atoms with Crippen molar-refractivity contribution in [3.63, 3.8) is 0 Å². The molecule has 0 radical (unpaired) electrons.